The van der Waals surface area contributed by atoms with Gasteiger partial charge in [0.25, 0.3) is 0 Å². The van der Waals surface area contributed by atoms with Gasteiger partial charge in [0.15, 0.2) is 0 Å². The number of carbonyl (C=O) groups is 1. The molecule has 0 radical (unpaired) electrons. The number of hydrogen-bond acceptors (Lipinski definition) is 3. The second-order valence-electron chi connectivity index (χ2n) is 8.08. The topological polar surface area (TPSA) is 66.5 Å². The quantitative estimate of drug-likeness (QED) is 0.688. The maximum Gasteiger partial charge on any atom is 0.243 e. The number of benzene rings is 2. The average molecular weight is 429 g/mol. The first-order valence-electron chi connectivity index (χ1n) is 10.9. The van der Waals surface area contributed by atoms with Crippen LogP contribution in [0.4, 0.5) is 0 Å². The third-order valence-corrected chi connectivity index (χ3v) is 7.65. The number of sulfonamides is 1. The van der Waals surface area contributed by atoms with Gasteiger partial charge in [-0.2, -0.15) is 4.31 Å². The van der Waals surface area contributed by atoms with Gasteiger partial charge in [-0.15, -0.1) is 0 Å². The second kappa shape index (κ2) is 10.7. The molecule has 5 nitrogen and oxygen atoms in total. The highest BCUT2D eigenvalue weighted by Gasteiger charge is 2.24. The Morgan fingerprint density at radius 1 is 0.967 bits per heavy atom. The zero-order valence-corrected chi connectivity index (χ0v) is 18.5. The fraction of sp³-hybridized carbons (Fsp3) is 0.458. The van der Waals surface area contributed by atoms with Crippen LogP contribution in [0, 0.1) is 0 Å². The molecule has 1 saturated heterocycles. The molecule has 0 saturated carbocycles. The number of rotatable bonds is 8. The summed E-state index contributed by atoms with van der Waals surface area (Å²) in [5.74, 6) is 0.276. The molecule has 2 aromatic rings. The van der Waals surface area contributed by atoms with E-state index in [0.29, 0.717) is 37.4 Å². The minimum Gasteiger partial charge on any atom is -0.355 e. The first kappa shape index (κ1) is 22.5. The average Bonchev–Trinajstić information content (AvgIpc) is 3.07. The van der Waals surface area contributed by atoms with Crippen molar-refractivity contribution in [3.05, 3.63) is 65.7 Å². The third kappa shape index (κ3) is 6.16. The fourth-order valence-corrected chi connectivity index (χ4v) is 5.29. The van der Waals surface area contributed by atoms with Gasteiger partial charge in [-0.05, 0) is 48.4 Å². The van der Waals surface area contributed by atoms with Gasteiger partial charge in [0.1, 0.15) is 0 Å². The molecule has 2 aromatic carbocycles. The van der Waals surface area contributed by atoms with Crippen molar-refractivity contribution < 1.29 is 13.2 Å². The number of hydrogen-bond donors (Lipinski definition) is 1. The molecule has 6 heteroatoms. The van der Waals surface area contributed by atoms with Crippen LogP contribution in [-0.4, -0.2) is 38.3 Å². The maximum atomic E-state index is 12.8. The predicted octanol–water partition coefficient (Wildman–Crippen LogP) is 4.10. The molecule has 1 N–H and O–H groups in total. The lowest BCUT2D eigenvalue weighted by atomic mass is 10.0. The van der Waals surface area contributed by atoms with E-state index in [0.717, 1.165) is 31.2 Å². The Labute approximate surface area is 180 Å². The van der Waals surface area contributed by atoms with Crippen molar-refractivity contribution in [3.8, 4) is 0 Å². The smallest absolute Gasteiger partial charge is 0.243 e. The lowest BCUT2D eigenvalue weighted by Crippen LogP contribution is -2.31. The van der Waals surface area contributed by atoms with E-state index in [1.807, 2.05) is 30.3 Å². The highest BCUT2D eigenvalue weighted by Crippen LogP contribution is 2.21. The Kier molecular flexibility index (Phi) is 8.05. The molecular formula is C24H32N2O3S. The van der Waals surface area contributed by atoms with Gasteiger partial charge in [-0.3, -0.25) is 4.79 Å². The maximum absolute atomic E-state index is 12.8. The minimum absolute atomic E-state index is 0.0130. The first-order valence-corrected chi connectivity index (χ1v) is 12.3. The van der Waals surface area contributed by atoms with E-state index in [4.69, 9.17) is 0 Å². The largest absolute Gasteiger partial charge is 0.355 e. The molecule has 162 valence electrons. The normalized spacial score (nSPS) is 16.6. The van der Waals surface area contributed by atoms with Crippen LogP contribution in [0.5, 0.6) is 0 Å². The number of amides is 1. The Morgan fingerprint density at radius 2 is 1.60 bits per heavy atom. The van der Waals surface area contributed by atoms with E-state index in [1.165, 1.54) is 5.56 Å². The molecule has 1 aliphatic heterocycles. The summed E-state index contributed by atoms with van der Waals surface area (Å²) in [7, 11) is -3.42. The molecule has 0 bridgehead atoms. The number of nitrogens with one attached hydrogen (secondary N) is 1. The second-order valence-corrected chi connectivity index (χ2v) is 10.0. The van der Waals surface area contributed by atoms with Crippen molar-refractivity contribution in [2.75, 3.05) is 19.6 Å². The van der Waals surface area contributed by atoms with Crippen LogP contribution in [0.25, 0.3) is 0 Å². The molecule has 30 heavy (non-hydrogen) atoms. The Balaban J connectivity index is 1.48. The van der Waals surface area contributed by atoms with Crippen LogP contribution in [0.1, 0.15) is 56.1 Å². The Morgan fingerprint density at radius 3 is 2.23 bits per heavy atom. The zero-order chi connectivity index (χ0) is 21.4. The molecule has 1 heterocycles. The summed E-state index contributed by atoms with van der Waals surface area (Å²) >= 11 is 0. The number of carbonyl (C=O) groups excluding carboxylic acids is 1. The summed E-state index contributed by atoms with van der Waals surface area (Å²) in [4.78, 5) is 12.5. The summed E-state index contributed by atoms with van der Waals surface area (Å²) in [6, 6.07) is 17.1. The first-order chi connectivity index (χ1) is 14.5. The van der Waals surface area contributed by atoms with Crippen LogP contribution in [0.2, 0.25) is 0 Å². The molecule has 1 amide bonds. The van der Waals surface area contributed by atoms with E-state index in [2.05, 4.69) is 24.4 Å². The van der Waals surface area contributed by atoms with Crippen molar-refractivity contribution >= 4 is 15.9 Å². The van der Waals surface area contributed by atoms with Gasteiger partial charge >= 0.3 is 0 Å². The summed E-state index contributed by atoms with van der Waals surface area (Å²) < 4.78 is 27.3. The van der Waals surface area contributed by atoms with Crippen LogP contribution >= 0.6 is 0 Å². The van der Waals surface area contributed by atoms with E-state index >= 15 is 0 Å². The Hall–Kier alpha value is -2.18. The van der Waals surface area contributed by atoms with Gasteiger partial charge in [0.05, 0.1) is 4.90 Å². The summed E-state index contributed by atoms with van der Waals surface area (Å²) in [6.07, 6.45) is 5.02. The molecule has 0 aromatic heterocycles. The van der Waals surface area contributed by atoms with Gasteiger partial charge in [-0.1, -0.05) is 62.2 Å². The minimum atomic E-state index is -3.42. The van der Waals surface area contributed by atoms with Crippen molar-refractivity contribution in [2.45, 2.75) is 56.3 Å². The standard InChI is InChI=1S/C24H32N2O3S/c1-20(22-9-5-4-6-10-22)19-25-24(27)16-13-21-11-14-23(15-12-21)30(28,29)26-17-7-2-3-8-18-26/h4-6,9-12,14-15,20H,2-3,7-8,13,16-19H2,1H3,(H,25,27). The van der Waals surface area contributed by atoms with Gasteiger partial charge < -0.3 is 5.32 Å². The van der Waals surface area contributed by atoms with Crippen LogP contribution in [0.15, 0.2) is 59.5 Å². The molecule has 0 aliphatic carbocycles. The van der Waals surface area contributed by atoms with Crippen LogP contribution in [0.3, 0.4) is 0 Å². The molecule has 3 rings (SSSR count). The number of aryl methyl sites for hydroxylation is 1. The fourth-order valence-electron chi connectivity index (χ4n) is 3.77. The highest BCUT2D eigenvalue weighted by atomic mass is 32.2. The monoisotopic (exact) mass is 428 g/mol. The molecule has 1 aliphatic rings. The van der Waals surface area contributed by atoms with E-state index in [-0.39, 0.29) is 11.8 Å². The summed E-state index contributed by atoms with van der Waals surface area (Å²) in [6.45, 7) is 3.91. The molecule has 1 unspecified atom stereocenters. The van der Waals surface area contributed by atoms with Crippen molar-refractivity contribution in [2.24, 2.45) is 0 Å². The lowest BCUT2D eigenvalue weighted by Gasteiger charge is -2.20. The van der Waals surface area contributed by atoms with Gasteiger partial charge in [0.2, 0.25) is 15.9 Å². The molecule has 1 atom stereocenters. The van der Waals surface area contributed by atoms with Crippen LogP contribution in [-0.2, 0) is 21.2 Å². The molecule has 1 fully saturated rings. The third-order valence-electron chi connectivity index (χ3n) is 5.74. The lowest BCUT2D eigenvalue weighted by molar-refractivity contribution is -0.121. The van der Waals surface area contributed by atoms with Gasteiger partial charge in [-0.25, -0.2) is 8.42 Å². The molecular weight excluding hydrogens is 396 g/mol. The summed E-state index contributed by atoms with van der Waals surface area (Å²) in [5, 5.41) is 2.99. The van der Waals surface area contributed by atoms with E-state index in [1.54, 1.807) is 16.4 Å². The van der Waals surface area contributed by atoms with Crippen molar-refractivity contribution in [1.82, 2.24) is 9.62 Å². The van der Waals surface area contributed by atoms with Crippen molar-refractivity contribution in [3.63, 3.8) is 0 Å². The highest BCUT2D eigenvalue weighted by molar-refractivity contribution is 7.89. The summed E-state index contributed by atoms with van der Waals surface area (Å²) in [5.41, 5.74) is 2.18. The Bertz CT molecular complexity index is 903. The van der Waals surface area contributed by atoms with Crippen LogP contribution < -0.4 is 5.32 Å². The number of nitrogens with zero attached hydrogens (tertiary/aromatic N) is 1. The SMILES string of the molecule is CC(CNC(=O)CCc1ccc(S(=O)(=O)N2CCCCCC2)cc1)c1ccccc1. The van der Waals surface area contributed by atoms with Gasteiger partial charge in [0, 0.05) is 26.1 Å². The molecule has 0 spiro atoms. The predicted molar refractivity (Wildman–Crippen MR) is 120 cm³/mol. The zero-order valence-electron chi connectivity index (χ0n) is 17.7. The van der Waals surface area contributed by atoms with E-state index in [9.17, 15) is 13.2 Å². The van der Waals surface area contributed by atoms with Crippen molar-refractivity contribution in [1.29, 1.82) is 0 Å². The van der Waals surface area contributed by atoms with E-state index < -0.39 is 10.0 Å².